The normalized spacial score (nSPS) is 11.9. The summed E-state index contributed by atoms with van der Waals surface area (Å²) >= 11 is 5.99. The number of nitro groups is 1. The second kappa shape index (κ2) is 5.28. The third kappa shape index (κ3) is 2.47. The molecule has 0 fully saturated rings. The molecule has 1 heterocycles. The maximum atomic E-state index is 10.7. The third-order valence-corrected chi connectivity index (χ3v) is 3.12. The van der Waals surface area contributed by atoms with Gasteiger partial charge in [0.25, 0.3) is 0 Å². The van der Waals surface area contributed by atoms with Crippen LogP contribution in [0.5, 0.6) is 0 Å². The van der Waals surface area contributed by atoms with E-state index in [4.69, 9.17) is 18.2 Å². The van der Waals surface area contributed by atoms with E-state index < -0.39 is 11.0 Å². The van der Waals surface area contributed by atoms with Gasteiger partial charge in [-0.25, -0.2) is 4.85 Å². The molecule has 0 saturated heterocycles. The molecule has 0 spiro atoms. The predicted molar refractivity (Wildman–Crippen MR) is 71.6 cm³/mol. The molecule has 0 bridgehead atoms. The first kappa shape index (κ1) is 14.0. The van der Waals surface area contributed by atoms with E-state index in [1.807, 2.05) is 0 Å². The number of hydrogen-bond donors (Lipinski definition) is 1. The van der Waals surface area contributed by atoms with E-state index in [1.165, 1.54) is 36.0 Å². The van der Waals surface area contributed by atoms with Crippen LogP contribution in [0.4, 0.5) is 11.5 Å². The molecule has 1 N–H and O–H groups in total. The van der Waals surface area contributed by atoms with Crippen LogP contribution in [0.1, 0.15) is 17.4 Å². The quantitative estimate of drug-likeness (QED) is 0.535. The zero-order valence-electron chi connectivity index (χ0n) is 10.3. The lowest BCUT2D eigenvalue weighted by atomic mass is 10.1. The largest absolute Gasteiger partial charge is 0.390 e. The minimum absolute atomic E-state index is 0.223. The highest BCUT2D eigenvalue weighted by Crippen LogP contribution is 2.32. The smallest absolute Gasteiger partial charge is 0.382 e. The first-order valence-corrected chi connectivity index (χ1v) is 5.85. The lowest BCUT2D eigenvalue weighted by Gasteiger charge is -2.12. The van der Waals surface area contributed by atoms with Crippen LogP contribution >= 0.6 is 11.6 Å². The van der Waals surface area contributed by atoms with E-state index in [1.54, 1.807) is 0 Å². The van der Waals surface area contributed by atoms with Gasteiger partial charge in [-0.3, -0.25) is 0 Å². The van der Waals surface area contributed by atoms with E-state index in [0.717, 1.165) is 0 Å². The van der Waals surface area contributed by atoms with Gasteiger partial charge in [-0.05, 0) is 16.6 Å². The van der Waals surface area contributed by atoms with Crippen molar-refractivity contribution in [3.63, 3.8) is 0 Å². The van der Waals surface area contributed by atoms with Crippen LogP contribution in [-0.4, -0.2) is 19.8 Å². The average Bonchev–Trinajstić information content (AvgIpc) is 2.81. The van der Waals surface area contributed by atoms with E-state index in [2.05, 4.69) is 9.94 Å². The third-order valence-electron chi connectivity index (χ3n) is 2.77. The molecule has 2 rings (SSSR count). The summed E-state index contributed by atoms with van der Waals surface area (Å²) in [6.45, 7) is 6.95. The Morgan fingerprint density at radius 1 is 1.55 bits per heavy atom. The molecule has 0 saturated carbocycles. The fraction of sp³-hybridized carbons (Fsp3) is 0.167. The summed E-state index contributed by atoms with van der Waals surface area (Å²) in [6.07, 6.45) is -1.20. The highest BCUT2D eigenvalue weighted by molar-refractivity contribution is 6.31. The average molecular weight is 293 g/mol. The molecule has 0 radical (unpaired) electrons. The van der Waals surface area contributed by atoms with Crippen molar-refractivity contribution < 1.29 is 10.0 Å². The second-order valence-electron chi connectivity index (χ2n) is 4.03. The number of rotatable bonds is 3. The lowest BCUT2D eigenvalue weighted by Crippen LogP contribution is -2.07. The van der Waals surface area contributed by atoms with Crippen molar-refractivity contribution in [1.82, 2.24) is 9.78 Å². The standard InChI is InChI=1S/C12H9ClN4O3/c1-14-7-3-4-9(13)8(5-7)12(18)10-6-11(17(19)20)15-16(10)2/h3-6,12,18H,2H3. The number of benzene rings is 1. The summed E-state index contributed by atoms with van der Waals surface area (Å²) in [5, 5.41) is 24.9. The van der Waals surface area contributed by atoms with Crippen LogP contribution in [0.2, 0.25) is 5.02 Å². The summed E-state index contributed by atoms with van der Waals surface area (Å²) in [6, 6.07) is 5.64. The Bertz CT molecular complexity index is 720. The molecular weight excluding hydrogens is 284 g/mol. The van der Waals surface area contributed by atoms with Crippen molar-refractivity contribution in [2.45, 2.75) is 6.10 Å². The van der Waals surface area contributed by atoms with Crippen molar-refractivity contribution >= 4 is 23.1 Å². The number of aryl methyl sites for hydroxylation is 1. The van der Waals surface area contributed by atoms with Gasteiger partial charge < -0.3 is 15.2 Å². The SMILES string of the molecule is [C-]#[N+]c1ccc(Cl)c(C(O)c2cc([N+](=O)[O-])nn2C)c1. The topological polar surface area (TPSA) is 85.6 Å². The molecule has 8 heteroatoms. The minimum atomic E-state index is -1.20. The Morgan fingerprint density at radius 3 is 2.80 bits per heavy atom. The van der Waals surface area contributed by atoms with Crippen LogP contribution in [0.3, 0.4) is 0 Å². The zero-order chi connectivity index (χ0) is 14.9. The molecule has 20 heavy (non-hydrogen) atoms. The van der Waals surface area contributed by atoms with Crippen LogP contribution in [0.25, 0.3) is 4.85 Å². The van der Waals surface area contributed by atoms with Gasteiger partial charge in [-0.15, -0.1) is 0 Å². The van der Waals surface area contributed by atoms with E-state index >= 15 is 0 Å². The Morgan fingerprint density at radius 2 is 2.25 bits per heavy atom. The molecule has 2 aromatic rings. The number of aromatic nitrogens is 2. The predicted octanol–water partition coefficient (Wildman–Crippen LogP) is 2.61. The van der Waals surface area contributed by atoms with Crippen molar-refractivity contribution in [2.24, 2.45) is 7.05 Å². The van der Waals surface area contributed by atoms with Gasteiger partial charge in [-0.2, -0.15) is 4.68 Å². The zero-order valence-corrected chi connectivity index (χ0v) is 11.1. The van der Waals surface area contributed by atoms with Crippen molar-refractivity contribution in [2.75, 3.05) is 0 Å². The monoisotopic (exact) mass is 292 g/mol. The van der Waals surface area contributed by atoms with Crippen LogP contribution in [0, 0.1) is 16.7 Å². The molecule has 1 atom stereocenters. The minimum Gasteiger partial charge on any atom is -0.382 e. The fourth-order valence-corrected chi connectivity index (χ4v) is 2.00. The summed E-state index contributed by atoms with van der Waals surface area (Å²) in [5.74, 6) is -0.362. The number of aliphatic hydroxyl groups is 1. The molecule has 0 amide bonds. The maximum absolute atomic E-state index is 10.7. The molecular formula is C12H9ClN4O3. The molecule has 1 aromatic heterocycles. The Labute approximate surface area is 119 Å². The van der Waals surface area contributed by atoms with E-state index in [-0.39, 0.29) is 16.5 Å². The second-order valence-corrected chi connectivity index (χ2v) is 4.44. The van der Waals surface area contributed by atoms with Gasteiger partial charge in [0, 0.05) is 5.02 Å². The first-order valence-electron chi connectivity index (χ1n) is 5.47. The van der Waals surface area contributed by atoms with Crippen LogP contribution in [-0.2, 0) is 7.05 Å². The highest BCUT2D eigenvalue weighted by Gasteiger charge is 2.24. The number of hydrogen-bond acceptors (Lipinski definition) is 4. The summed E-state index contributed by atoms with van der Waals surface area (Å²) in [5.41, 5.74) is 0.846. The van der Waals surface area contributed by atoms with Crippen LogP contribution in [0.15, 0.2) is 24.3 Å². The van der Waals surface area contributed by atoms with Gasteiger partial charge in [0.15, 0.2) is 5.69 Å². The molecule has 0 aliphatic carbocycles. The molecule has 102 valence electrons. The van der Waals surface area contributed by atoms with Gasteiger partial charge >= 0.3 is 5.82 Å². The van der Waals surface area contributed by atoms with Crippen molar-refractivity contribution in [3.8, 4) is 0 Å². The van der Waals surface area contributed by atoms with E-state index in [9.17, 15) is 15.2 Å². The van der Waals surface area contributed by atoms with Gasteiger partial charge in [-0.1, -0.05) is 23.7 Å². The Balaban J connectivity index is 2.48. The molecule has 0 aliphatic heterocycles. The Hall–Kier alpha value is -2.43. The molecule has 0 aliphatic rings. The van der Waals surface area contributed by atoms with Crippen molar-refractivity contribution in [3.05, 3.63) is 62.1 Å². The van der Waals surface area contributed by atoms with Gasteiger partial charge in [0.1, 0.15) is 11.8 Å². The lowest BCUT2D eigenvalue weighted by molar-refractivity contribution is -0.389. The first-order chi connectivity index (χ1) is 9.43. The number of halogens is 1. The van der Waals surface area contributed by atoms with E-state index in [0.29, 0.717) is 11.3 Å². The summed E-state index contributed by atoms with van der Waals surface area (Å²) in [4.78, 5) is 13.3. The highest BCUT2D eigenvalue weighted by atomic mass is 35.5. The van der Waals surface area contributed by atoms with Gasteiger partial charge in [0.2, 0.25) is 0 Å². The Kier molecular flexibility index (Phi) is 3.70. The fourth-order valence-electron chi connectivity index (χ4n) is 1.78. The molecule has 7 nitrogen and oxygen atoms in total. The van der Waals surface area contributed by atoms with Crippen LogP contribution < -0.4 is 0 Å². The number of aliphatic hydroxyl groups excluding tert-OH is 1. The maximum Gasteiger partial charge on any atom is 0.390 e. The molecule has 1 unspecified atom stereocenters. The molecule has 1 aromatic carbocycles. The summed E-state index contributed by atoms with van der Waals surface area (Å²) in [7, 11) is 1.48. The number of nitrogens with zero attached hydrogens (tertiary/aromatic N) is 4. The summed E-state index contributed by atoms with van der Waals surface area (Å²) < 4.78 is 1.21. The van der Waals surface area contributed by atoms with Gasteiger partial charge in [0.05, 0.1) is 24.8 Å². The van der Waals surface area contributed by atoms with Crippen molar-refractivity contribution in [1.29, 1.82) is 0 Å².